The summed E-state index contributed by atoms with van der Waals surface area (Å²) in [5.74, 6) is -0.450. The van der Waals surface area contributed by atoms with Gasteiger partial charge in [-0.25, -0.2) is 14.1 Å². The first-order chi connectivity index (χ1) is 15.9. The fourth-order valence-corrected chi connectivity index (χ4v) is 3.20. The number of ether oxygens (including phenoxy) is 2. The van der Waals surface area contributed by atoms with Crippen LogP contribution in [0.1, 0.15) is 29.0 Å². The van der Waals surface area contributed by atoms with Gasteiger partial charge in [0.15, 0.2) is 17.4 Å². The van der Waals surface area contributed by atoms with Crippen LogP contribution in [0.4, 0.5) is 4.39 Å². The Kier molecular flexibility index (Phi) is 8.51. The minimum atomic E-state index is -0.630. The Morgan fingerprint density at radius 1 is 1.18 bits per heavy atom. The molecule has 33 heavy (non-hydrogen) atoms. The molecule has 0 aliphatic rings. The Morgan fingerprint density at radius 2 is 2.00 bits per heavy atom. The molecule has 0 fully saturated rings. The van der Waals surface area contributed by atoms with Gasteiger partial charge < -0.3 is 14.8 Å². The first-order valence-corrected chi connectivity index (χ1v) is 10.6. The molecule has 0 saturated heterocycles. The predicted octanol–water partition coefficient (Wildman–Crippen LogP) is 3.67. The van der Waals surface area contributed by atoms with Crippen molar-refractivity contribution in [3.8, 4) is 17.1 Å². The molecule has 1 amide bonds. The van der Waals surface area contributed by atoms with Gasteiger partial charge >= 0.3 is 0 Å². The van der Waals surface area contributed by atoms with E-state index in [1.54, 1.807) is 20.3 Å². The van der Waals surface area contributed by atoms with E-state index in [9.17, 15) is 14.0 Å². The molecule has 2 aromatic carbocycles. The molecule has 0 aliphatic carbocycles. The van der Waals surface area contributed by atoms with E-state index in [-0.39, 0.29) is 47.9 Å². The van der Waals surface area contributed by atoms with E-state index in [4.69, 9.17) is 21.1 Å². The van der Waals surface area contributed by atoms with Crippen molar-refractivity contribution in [2.75, 3.05) is 20.8 Å². The normalized spacial score (nSPS) is 10.8. The number of amides is 1. The molecule has 0 unspecified atom stereocenters. The Morgan fingerprint density at radius 3 is 2.73 bits per heavy atom. The van der Waals surface area contributed by atoms with Gasteiger partial charge in [-0.1, -0.05) is 23.7 Å². The maximum atomic E-state index is 13.9. The second-order valence-electron chi connectivity index (χ2n) is 7.19. The average molecular weight is 475 g/mol. The molecule has 3 rings (SSSR count). The number of Topliss-reactive ketones (excluding diaryl/α,β-unsaturated/α-hetero) is 1. The fourth-order valence-electron chi connectivity index (χ4n) is 3.08. The highest BCUT2D eigenvalue weighted by atomic mass is 35.5. The molecule has 174 valence electrons. The van der Waals surface area contributed by atoms with Crippen LogP contribution in [-0.4, -0.2) is 47.3 Å². The van der Waals surface area contributed by atoms with E-state index in [0.717, 1.165) is 5.56 Å². The standard InChI is InChI=1S/C23H24ClFN4O4/c1-32-10-4-7-20(30)23-27-22(16-8-9-18(24)19(25)12-16)28-29(23)14-21(31)26-13-15-5-3-6-17(11-15)33-2/h3,5-6,8-9,11-12H,4,7,10,13-14H2,1-2H3,(H,26,31). The number of nitrogens with one attached hydrogen (secondary N) is 1. The quantitative estimate of drug-likeness (QED) is 0.336. The van der Waals surface area contributed by atoms with Crippen molar-refractivity contribution in [3.63, 3.8) is 0 Å². The smallest absolute Gasteiger partial charge is 0.242 e. The highest BCUT2D eigenvalue weighted by Gasteiger charge is 2.20. The van der Waals surface area contributed by atoms with E-state index in [0.29, 0.717) is 24.3 Å². The number of aromatic nitrogens is 3. The summed E-state index contributed by atoms with van der Waals surface area (Å²) in [4.78, 5) is 29.6. The molecular formula is C23H24ClFN4O4. The first kappa shape index (κ1) is 24.3. The van der Waals surface area contributed by atoms with Crippen LogP contribution >= 0.6 is 11.6 Å². The minimum absolute atomic E-state index is 0.0213. The van der Waals surface area contributed by atoms with Crippen LogP contribution in [0.25, 0.3) is 11.4 Å². The van der Waals surface area contributed by atoms with Crippen molar-refractivity contribution in [2.24, 2.45) is 0 Å². The van der Waals surface area contributed by atoms with Crippen molar-refractivity contribution in [1.82, 2.24) is 20.1 Å². The van der Waals surface area contributed by atoms with Gasteiger partial charge in [0.2, 0.25) is 5.91 Å². The average Bonchev–Trinajstić information content (AvgIpc) is 3.23. The summed E-state index contributed by atoms with van der Waals surface area (Å²) in [5, 5.41) is 7.04. The van der Waals surface area contributed by atoms with Crippen LogP contribution in [-0.2, 0) is 22.6 Å². The maximum absolute atomic E-state index is 13.9. The van der Waals surface area contributed by atoms with Gasteiger partial charge in [-0.15, -0.1) is 5.10 Å². The van der Waals surface area contributed by atoms with Gasteiger partial charge in [-0.05, 0) is 42.3 Å². The number of hydrogen-bond acceptors (Lipinski definition) is 6. The Bertz CT molecular complexity index is 1140. The van der Waals surface area contributed by atoms with Crippen LogP contribution in [0, 0.1) is 5.82 Å². The fraction of sp³-hybridized carbons (Fsp3) is 0.304. The van der Waals surface area contributed by atoms with Crippen molar-refractivity contribution < 1.29 is 23.5 Å². The Hall–Kier alpha value is -3.30. The maximum Gasteiger partial charge on any atom is 0.242 e. The third-order valence-corrected chi connectivity index (χ3v) is 5.07. The van der Waals surface area contributed by atoms with Crippen molar-refractivity contribution >= 4 is 23.3 Å². The van der Waals surface area contributed by atoms with E-state index >= 15 is 0 Å². The van der Waals surface area contributed by atoms with E-state index in [1.807, 2.05) is 24.3 Å². The number of carbonyl (C=O) groups is 2. The highest BCUT2D eigenvalue weighted by Crippen LogP contribution is 2.22. The van der Waals surface area contributed by atoms with E-state index in [1.165, 1.54) is 16.8 Å². The molecule has 0 spiro atoms. The largest absolute Gasteiger partial charge is 0.497 e. The topological polar surface area (TPSA) is 95.3 Å². The van der Waals surface area contributed by atoms with Crippen molar-refractivity contribution in [3.05, 3.63) is 64.7 Å². The Labute approximate surface area is 195 Å². The highest BCUT2D eigenvalue weighted by molar-refractivity contribution is 6.30. The molecule has 1 N–H and O–H groups in total. The molecule has 1 aromatic heterocycles. The summed E-state index contributed by atoms with van der Waals surface area (Å²) in [7, 11) is 3.12. The number of rotatable bonds is 11. The van der Waals surface area contributed by atoms with Crippen LogP contribution < -0.4 is 10.1 Å². The third-order valence-electron chi connectivity index (χ3n) is 4.77. The summed E-state index contributed by atoms with van der Waals surface area (Å²) < 4.78 is 25.3. The summed E-state index contributed by atoms with van der Waals surface area (Å²) in [6.45, 7) is 0.464. The lowest BCUT2D eigenvalue weighted by Gasteiger charge is -2.08. The molecule has 0 saturated carbocycles. The van der Waals surface area contributed by atoms with Crippen molar-refractivity contribution in [1.29, 1.82) is 0 Å². The summed E-state index contributed by atoms with van der Waals surface area (Å²) in [6.07, 6.45) is 0.668. The second kappa shape index (κ2) is 11.5. The lowest BCUT2D eigenvalue weighted by Crippen LogP contribution is -2.29. The van der Waals surface area contributed by atoms with Crippen LogP contribution in [0.15, 0.2) is 42.5 Å². The van der Waals surface area contributed by atoms with Crippen LogP contribution in [0.2, 0.25) is 5.02 Å². The molecular weight excluding hydrogens is 451 g/mol. The molecule has 0 radical (unpaired) electrons. The zero-order valence-electron chi connectivity index (χ0n) is 18.3. The monoisotopic (exact) mass is 474 g/mol. The van der Waals surface area contributed by atoms with Crippen LogP contribution in [0.3, 0.4) is 0 Å². The number of ketones is 1. The molecule has 10 heteroatoms. The summed E-state index contributed by atoms with van der Waals surface area (Å²) >= 11 is 5.75. The Balaban J connectivity index is 1.78. The number of benzene rings is 2. The van der Waals surface area contributed by atoms with Gasteiger partial charge in [0.05, 0.1) is 12.1 Å². The number of nitrogens with zero attached hydrogens (tertiary/aromatic N) is 3. The molecule has 0 bridgehead atoms. The van der Waals surface area contributed by atoms with E-state index < -0.39 is 5.82 Å². The number of hydrogen-bond donors (Lipinski definition) is 1. The number of methoxy groups -OCH3 is 2. The summed E-state index contributed by atoms with van der Waals surface area (Å²) in [6, 6.07) is 11.4. The van der Waals surface area contributed by atoms with E-state index in [2.05, 4.69) is 15.4 Å². The minimum Gasteiger partial charge on any atom is -0.497 e. The van der Waals surface area contributed by atoms with Gasteiger partial charge in [-0.3, -0.25) is 9.59 Å². The zero-order chi connectivity index (χ0) is 23.8. The predicted molar refractivity (Wildman–Crippen MR) is 121 cm³/mol. The zero-order valence-corrected chi connectivity index (χ0v) is 19.1. The molecule has 1 heterocycles. The van der Waals surface area contributed by atoms with Gasteiger partial charge in [-0.2, -0.15) is 0 Å². The first-order valence-electron chi connectivity index (χ1n) is 10.2. The molecule has 3 aromatic rings. The van der Waals surface area contributed by atoms with Gasteiger partial charge in [0.25, 0.3) is 0 Å². The van der Waals surface area contributed by atoms with Gasteiger partial charge in [0, 0.05) is 32.2 Å². The third kappa shape index (κ3) is 6.59. The summed E-state index contributed by atoms with van der Waals surface area (Å²) in [5.41, 5.74) is 1.20. The lowest BCUT2D eigenvalue weighted by molar-refractivity contribution is -0.122. The SMILES string of the molecule is COCCCC(=O)c1nc(-c2ccc(Cl)c(F)c2)nn1CC(=O)NCc1cccc(OC)c1. The van der Waals surface area contributed by atoms with Crippen molar-refractivity contribution in [2.45, 2.75) is 25.9 Å². The number of carbonyl (C=O) groups excluding carboxylic acids is 2. The number of halogens is 2. The molecule has 8 nitrogen and oxygen atoms in total. The van der Waals surface area contributed by atoms with Gasteiger partial charge in [0.1, 0.15) is 18.1 Å². The lowest BCUT2D eigenvalue weighted by atomic mass is 10.2. The molecule has 0 atom stereocenters. The van der Waals surface area contributed by atoms with Crippen LogP contribution in [0.5, 0.6) is 5.75 Å². The second-order valence-corrected chi connectivity index (χ2v) is 7.60. The molecule has 0 aliphatic heterocycles.